The molecule has 0 aliphatic carbocycles. The number of nitrogens with one attached hydrogen (secondary N) is 1. The van der Waals surface area contributed by atoms with Crippen LogP contribution in [0, 0.1) is 12.7 Å². The van der Waals surface area contributed by atoms with E-state index in [0.717, 1.165) is 5.56 Å². The van der Waals surface area contributed by atoms with Crippen LogP contribution in [0.5, 0.6) is 0 Å². The van der Waals surface area contributed by atoms with Gasteiger partial charge in [-0.15, -0.1) is 6.58 Å². The second kappa shape index (κ2) is 10.6. The molecule has 4 aromatic rings. The molecule has 7 heteroatoms. The minimum atomic E-state index is -0.435. The van der Waals surface area contributed by atoms with Gasteiger partial charge in [0.05, 0.1) is 11.4 Å². The lowest BCUT2D eigenvalue weighted by atomic mass is 10.2. The van der Waals surface area contributed by atoms with Gasteiger partial charge in [0.2, 0.25) is 11.9 Å². The van der Waals surface area contributed by atoms with Crippen LogP contribution in [0.15, 0.2) is 97.7 Å². The smallest absolute Gasteiger partial charge is 0.254 e. The molecule has 1 heterocycles. The van der Waals surface area contributed by atoms with Gasteiger partial charge in [0.15, 0.2) is 0 Å². The van der Waals surface area contributed by atoms with Crippen LogP contribution in [0.25, 0.3) is 16.9 Å². The van der Waals surface area contributed by atoms with Crippen molar-refractivity contribution >= 4 is 17.8 Å². The molecular weight excluding hydrogens is 443 g/mol. The number of amides is 2. The van der Waals surface area contributed by atoms with Crippen LogP contribution in [0.2, 0.25) is 0 Å². The number of rotatable bonds is 8. The van der Waals surface area contributed by atoms with Crippen LogP contribution in [-0.4, -0.2) is 39.4 Å². The van der Waals surface area contributed by atoms with Crippen LogP contribution in [-0.2, 0) is 4.79 Å². The van der Waals surface area contributed by atoms with E-state index >= 15 is 0 Å². The summed E-state index contributed by atoms with van der Waals surface area (Å²) in [7, 11) is 0. The first-order valence-corrected chi connectivity index (χ1v) is 11.1. The number of carbonyl (C=O) groups excluding carboxylic acids is 2. The molecule has 0 aliphatic rings. The van der Waals surface area contributed by atoms with E-state index in [1.165, 1.54) is 11.0 Å². The van der Waals surface area contributed by atoms with Crippen molar-refractivity contribution in [3.63, 3.8) is 0 Å². The van der Waals surface area contributed by atoms with Crippen LogP contribution in [0.1, 0.15) is 15.9 Å². The molecule has 4 rings (SSSR count). The summed E-state index contributed by atoms with van der Waals surface area (Å²) in [5, 5.41) is 2.79. The van der Waals surface area contributed by atoms with Crippen molar-refractivity contribution in [1.29, 1.82) is 0 Å². The highest BCUT2D eigenvalue weighted by molar-refractivity contribution is 5.99. The minimum absolute atomic E-state index is 0.199. The van der Waals surface area contributed by atoms with E-state index in [1.54, 1.807) is 60.2 Å². The molecule has 1 N–H and O–H groups in total. The van der Waals surface area contributed by atoms with Gasteiger partial charge in [0.1, 0.15) is 12.4 Å². The molecule has 3 aromatic carbocycles. The molecule has 6 nitrogen and oxygen atoms in total. The molecule has 2 amide bonds. The van der Waals surface area contributed by atoms with Gasteiger partial charge >= 0.3 is 0 Å². The van der Waals surface area contributed by atoms with Crippen LogP contribution < -0.4 is 5.32 Å². The van der Waals surface area contributed by atoms with Crippen LogP contribution in [0.4, 0.5) is 10.3 Å². The molecule has 0 unspecified atom stereocenters. The summed E-state index contributed by atoms with van der Waals surface area (Å²) in [5.74, 6) is -0.854. The van der Waals surface area contributed by atoms with E-state index in [9.17, 15) is 14.0 Å². The van der Waals surface area contributed by atoms with Crippen molar-refractivity contribution in [3.8, 4) is 16.9 Å². The quantitative estimate of drug-likeness (QED) is 0.359. The summed E-state index contributed by atoms with van der Waals surface area (Å²) in [4.78, 5) is 31.9. The van der Waals surface area contributed by atoms with Gasteiger partial charge in [-0.1, -0.05) is 60.7 Å². The number of carbonyl (C=O) groups is 2. The molecular formula is C28H25FN4O2. The van der Waals surface area contributed by atoms with E-state index in [2.05, 4.69) is 16.9 Å². The molecule has 1 aromatic heterocycles. The number of benzene rings is 3. The molecule has 0 saturated heterocycles. The summed E-state index contributed by atoms with van der Waals surface area (Å²) in [6, 6.07) is 23.0. The fourth-order valence-electron chi connectivity index (χ4n) is 3.62. The van der Waals surface area contributed by atoms with E-state index in [1.807, 2.05) is 36.4 Å². The maximum atomic E-state index is 14.3. The molecule has 0 spiro atoms. The first kappa shape index (κ1) is 23.6. The average Bonchev–Trinajstić information content (AvgIpc) is 3.29. The molecule has 0 saturated carbocycles. The third kappa shape index (κ3) is 5.52. The Hall–Kier alpha value is -4.52. The second-order valence-corrected chi connectivity index (χ2v) is 8.01. The molecule has 0 radical (unpaired) electrons. The zero-order valence-corrected chi connectivity index (χ0v) is 19.3. The lowest BCUT2D eigenvalue weighted by molar-refractivity contribution is -0.116. The number of aryl methyl sites for hydroxylation is 1. The van der Waals surface area contributed by atoms with Crippen LogP contribution in [0.3, 0.4) is 0 Å². The van der Waals surface area contributed by atoms with Gasteiger partial charge in [-0.2, -0.15) is 0 Å². The first-order valence-electron chi connectivity index (χ1n) is 11.1. The average molecular weight is 469 g/mol. The normalized spacial score (nSPS) is 10.6. The predicted molar refractivity (Wildman–Crippen MR) is 135 cm³/mol. The van der Waals surface area contributed by atoms with Crippen LogP contribution >= 0.6 is 0 Å². The Labute approximate surface area is 203 Å². The van der Waals surface area contributed by atoms with Crippen molar-refractivity contribution < 1.29 is 14.0 Å². The summed E-state index contributed by atoms with van der Waals surface area (Å²) in [6.07, 6.45) is 3.31. The van der Waals surface area contributed by atoms with Crippen molar-refractivity contribution in [2.45, 2.75) is 6.92 Å². The maximum absolute atomic E-state index is 14.3. The van der Waals surface area contributed by atoms with Gasteiger partial charge < -0.3 is 4.90 Å². The highest BCUT2D eigenvalue weighted by atomic mass is 19.1. The number of imidazole rings is 1. The van der Waals surface area contributed by atoms with E-state index in [-0.39, 0.29) is 30.8 Å². The van der Waals surface area contributed by atoms with Gasteiger partial charge in [-0.05, 0) is 36.8 Å². The lowest BCUT2D eigenvalue weighted by Crippen LogP contribution is -2.38. The predicted octanol–water partition coefficient (Wildman–Crippen LogP) is 5.25. The Morgan fingerprint density at radius 1 is 1.06 bits per heavy atom. The Kier molecular flexibility index (Phi) is 7.16. The summed E-state index contributed by atoms with van der Waals surface area (Å²) in [5.41, 5.74) is 2.97. The number of nitrogens with zero attached hydrogens (tertiary/aromatic N) is 3. The maximum Gasteiger partial charge on any atom is 0.254 e. The van der Waals surface area contributed by atoms with Gasteiger partial charge in [0, 0.05) is 23.9 Å². The molecule has 35 heavy (non-hydrogen) atoms. The number of aromatic nitrogens is 2. The zero-order chi connectivity index (χ0) is 24.8. The van der Waals surface area contributed by atoms with E-state index in [0.29, 0.717) is 22.5 Å². The Morgan fingerprint density at radius 2 is 1.74 bits per heavy atom. The van der Waals surface area contributed by atoms with Gasteiger partial charge in [0.25, 0.3) is 5.91 Å². The van der Waals surface area contributed by atoms with Gasteiger partial charge in [-0.25, -0.2) is 9.37 Å². The fourth-order valence-corrected chi connectivity index (χ4v) is 3.62. The number of halogens is 1. The van der Waals surface area contributed by atoms with Crippen molar-refractivity contribution in [1.82, 2.24) is 14.5 Å². The summed E-state index contributed by atoms with van der Waals surface area (Å²) in [6.45, 7) is 5.38. The van der Waals surface area contributed by atoms with Crippen molar-refractivity contribution in [2.75, 3.05) is 18.4 Å². The SMILES string of the molecule is C=CCN(CC(=O)Nc1nc(-c2ccccc2)cn1-c1ccc(C)c(F)c1)C(=O)c1ccccc1. The minimum Gasteiger partial charge on any atom is -0.326 e. The lowest BCUT2D eigenvalue weighted by Gasteiger charge is -2.20. The largest absolute Gasteiger partial charge is 0.326 e. The third-order valence-electron chi connectivity index (χ3n) is 5.45. The summed E-state index contributed by atoms with van der Waals surface area (Å²) >= 11 is 0. The standard InChI is InChI=1S/C28H25FN4O2/c1-3-16-32(27(35)22-12-8-5-9-13-22)19-26(34)31-28-30-25(21-10-6-4-7-11-21)18-33(28)23-15-14-20(2)24(29)17-23/h3-15,17-18H,1,16,19H2,2H3,(H,30,31,34). The monoisotopic (exact) mass is 468 g/mol. The van der Waals surface area contributed by atoms with Gasteiger partial charge in [-0.3, -0.25) is 19.5 Å². The van der Waals surface area contributed by atoms with E-state index < -0.39 is 5.91 Å². The number of hydrogen-bond acceptors (Lipinski definition) is 3. The molecule has 0 fully saturated rings. The highest BCUT2D eigenvalue weighted by Gasteiger charge is 2.20. The Morgan fingerprint density at radius 3 is 2.40 bits per heavy atom. The molecule has 176 valence electrons. The third-order valence-corrected chi connectivity index (χ3v) is 5.45. The topological polar surface area (TPSA) is 67.2 Å². The zero-order valence-electron chi connectivity index (χ0n) is 19.3. The summed E-state index contributed by atoms with van der Waals surface area (Å²) < 4.78 is 15.9. The Balaban J connectivity index is 1.63. The Bertz CT molecular complexity index is 1350. The molecule has 0 aliphatic heterocycles. The number of hydrogen-bond donors (Lipinski definition) is 1. The second-order valence-electron chi connectivity index (χ2n) is 8.01. The van der Waals surface area contributed by atoms with Crippen molar-refractivity contribution in [2.24, 2.45) is 0 Å². The molecule has 0 bridgehead atoms. The highest BCUT2D eigenvalue weighted by Crippen LogP contribution is 2.25. The van der Waals surface area contributed by atoms with E-state index in [4.69, 9.17) is 0 Å². The number of anilines is 1. The fraction of sp³-hybridized carbons (Fsp3) is 0.107. The molecule has 0 atom stereocenters. The van der Waals surface area contributed by atoms with Crippen molar-refractivity contribution in [3.05, 3.63) is 115 Å². The first-order chi connectivity index (χ1) is 17.0.